The Labute approximate surface area is 177 Å². The zero-order valence-corrected chi connectivity index (χ0v) is 18.2. The van der Waals surface area contributed by atoms with E-state index in [2.05, 4.69) is 28.5 Å². The molecule has 0 bridgehead atoms. The van der Waals surface area contributed by atoms with Crippen LogP contribution in [0.1, 0.15) is 33.8 Å². The second kappa shape index (κ2) is 9.23. The average Bonchev–Trinajstić information content (AvgIpc) is 3.00. The Morgan fingerprint density at radius 1 is 0.967 bits per heavy atom. The number of rotatable bonds is 5. The minimum absolute atomic E-state index is 0.100. The first-order chi connectivity index (χ1) is 14.2. The van der Waals surface area contributed by atoms with Crippen LogP contribution < -0.4 is 0 Å². The summed E-state index contributed by atoms with van der Waals surface area (Å²) in [5.41, 5.74) is 4.56. The summed E-state index contributed by atoms with van der Waals surface area (Å²) < 4.78 is 31.0. The first-order valence-electron chi connectivity index (χ1n) is 9.99. The lowest BCUT2D eigenvalue weighted by Crippen LogP contribution is -2.11. The van der Waals surface area contributed by atoms with E-state index < -0.39 is 11.6 Å². The number of benzene rings is 1. The molecular formula is C25H27F2N3. The topological polar surface area (TPSA) is 21.1 Å². The van der Waals surface area contributed by atoms with Crippen LogP contribution in [0.2, 0.25) is 0 Å². The number of nitrogens with zero attached hydrogens (tertiary/aromatic N) is 3. The van der Waals surface area contributed by atoms with Gasteiger partial charge in [-0.15, -0.1) is 0 Å². The minimum Gasteiger partial charge on any atom is -0.303 e. The summed E-state index contributed by atoms with van der Waals surface area (Å²) in [5, 5.41) is 0. The van der Waals surface area contributed by atoms with Crippen molar-refractivity contribution in [2.75, 3.05) is 20.6 Å². The van der Waals surface area contributed by atoms with Crippen LogP contribution in [0.4, 0.5) is 8.78 Å². The molecule has 0 aliphatic carbocycles. The van der Waals surface area contributed by atoms with Crippen LogP contribution in [0, 0.1) is 44.2 Å². The standard InChI is InChI=1S/C25H27F2N3/c1-17-13-23(28-24(14-17)30-18(2)8-9-19(30)3)11-10-21-16-22(26)15-20(25(21)27)7-6-12-29(4)5/h8-9,13-16H,10-12H2,1-5H3. The largest absolute Gasteiger partial charge is 0.303 e. The molecule has 0 amide bonds. The Morgan fingerprint density at radius 3 is 2.33 bits per heavy atom. The molecule has 2 aromatic heterocycles. The van der Waals surface area contributed by atoms with Gasteiger partial charge < -0.3 is 4.57 Å². The third kappa shape index (κ3) is 5.14. The molecule has 0 spiro atoms. The SMILES string of the molecule is Cc1cc(CCc2cc(F)cc(C#CCN(C)C)c2F)nc(-n2c(C)ccc2C)c1. The van der Waals surface area contributed by atoms with Gasteiger partial charge in [0.05, 0.1) is 12.1 Å². The van der Waals surface area contributed by atoms with Gasteiger partial charge in [-0.1, -0.05) is 11.8 Å². The van der Waals surface area contributed by atoms with E-state index >= 15 is 0 Å². The van der Waals surface area contributed by atoms with Crippen molar-refractivity contribution in [3.8, 4) is 17.7 Å². The molecule has 0 radical (unpaired) electrons. The summed E-state index contributed by atoms with van der Waals surface area (Å²) in [6.07, 6.45) is 0.866. The Kier molecular flexibility index (Phi) is 6.69. The minimum atomic E-state index is -0.475. The lowest BCUT2D eigenvalue weighted by Gasteiger charge is -2.12. The van der Waals surface area contributed by atoms with Gasteiger partial charge in [-0.3, -0.25) is 4.90 Å². The molecule has 3 rings (SSSR count). The molecule has 30 heavy (non-hydrogen) atoms. The summed E-state index contributed by atoms with van der Waals surface area (Å²) >= 11 is 0. The molecule has 0 atom stereocenters. The monoisotopic (exact) mass is 407 g/mol. The summed E-state index contributed by atoms with van der Waals surface area (Å²) in [7, 11) is 3.75. The van der Waals surface area contributed by atoms with Gasteiger partial charge in [-0.05, 0) is 95.2 Å². The van der Waals surface area contributed by atoms with E-state index in [4.69, 9.17) is 4.98 Å². The van der Waals surface area contributed by atoms with E-state index in [1.165, 1.54) is 6.07 Å². The Morgan fingerprint density at radius 2 is 1.67 bits per heavy atom. The number of aryl methyl sites for hydroxylation is 5. The van der Waals surface area contributed by atoms with E-state index in [1.54, 1.807) is 0 Å². The van der Waals surface area contributed by atoms with E-state index in [9.17, 15) is 8.78 Å². The third-order valence-corrected chi connectivity index (χ3v) is 4.89. The Balaban J connectivity index is 1.85. The smallest absolute Gasteiger partial charge is 0.142 e. The van der Waals surface area contributed by atoms with Crippen molar-refractivity contribution in [1.82, 2.24) is 14.5 Å². The highest BCUT2D eigenvalue weighted by Crippen LogP contribution is 2.20. The molecule has 0 saturated carbocycles. The van der Waals surface area contributed by atoms with Gasteiger partial charge in [-0.2, -0.15) is 0 Å². The lowest BCUT2D eigenvalue weighted by molar-refractivity contribution is 0.464. The van der Waals surface area contributed by atoms with Crippen molar-refractivity contribution in [3.05, 3.63) is 81.8 Å². The van der Waals surface area contributed by atoms with Crippen molar-refractivity contribution in [2.24, 2.45) is 0 Å². The molecule has 0 aliphatic rings. The Bertz CT molecular complexity index is 1100. The van der Waals surface area contributed by atoms with Crippen LogP contribution >= 0.6 is 0 Å². The summed E-state index contributed by atoms with van der Waals surface area (Å²) in [6.45, 7) is 6.58. The van der Waals surface area contributed by atoms with Gasteiger partial charge in [0.25, 0.3) is 0 Å². The molecule has 0 aliphatic heterocycles. The maximum Gasteiger partial charge on any atom is 0.142 e. The summed E-state index contributed by atoms with van der Waals surface area (Å²) in [6, 6.07) is 10.5. The van der Waals surface area contributed by atoms with Crippen LogP contribution in [0.5, 0.6) is 0 Å². The fraction of sp³-hybridized carbons (Fsp3) is 0.320. The molecule has 0 N–H and O–H groups in total. The number of aromatic nitrogens is 2. The van der Waals surface area contributed by atoms with Gasteiger partial charge in [0.15, 0.2) is 0 Å². The fourth-order valence-electron chi connectivity index (χ4n) is 3.47. The van der Waals surface area contributed by atoms with Crippen LogP contribution in [-0.2, 0) is 12.8 Å². The van der Waals surface area contributed by atoms with Crippen LogP contribution in [0.3, 0.4) is 0 Å². The van der Waals surface area contributed by atoms with Crippen molar-refractivity contribution in [1.29, 1.82) is 0 Å². The molecule has 156 valence electrons. The van der Waals surface area contributed by atoms with E-state index in [0.29, 0.717) is 24.9 Å². The van der Waals surface area contributed by atoms with Crippen molar-refractivity contribution in [2.45, 2.75) is 33.6 Å². The first kappa shape index (κ1) is 21.7. The predicted octanol–water partition coefficient (Wildman–Crippen LogP) is 4.77. The van der Waals surface area contributed by atoms with E-state index in [1.807, 2.05) is 51.9 Å². The van der Waals surface area contributed by atoms with Gasteiger partial charge >= 0.3 is 0 Å². The number of pyridine rings is 1. The number of hydrogen-bond donors (Lipinski definition) is 0. The highest BCUT2D eigenvalue weighted by molar-refractivity contribution is 5.40. The summed E-state index contributed by atoms with van der Waals surface area (Å²) in [5.74, 6) is 5.53. The van der Waals surface area contributed by atoms with E-state index in [0.717, 1.165) is 34.5 Å². The quantitative estimate of drug-likeness (QED) is 0.568. The Hall–Kier alpha value is -2.97. The van der Waals surface area contributed by atoms with Crippen LogP contribution in [-0.4, -0.2) is 35.1 Å². The average molecular weight is 408 g/mol. The molecule has 5 heteroatoms. The van der Waals surface area contributed by atoms with Gasteiger partial charge in [0.2, 0.25) is 0 Å². The van der Waals surface area contributed by atoms with E-state index in [-0.39, 0.29) is 5.56 Å². The van der Waals surface area contributed by atoms with Crippen LogP contribution in [0.25, 0.3) is 5.82 Å². The molecule has 0 saturated heterocycles. The van der Waals surface area contributed by atoms with Crippen molar-refractivity contribution >= 4 is 0 Å². The molecule has 3 nitrogen and oxygen atoms in total. The first-order valence-corrected chi connectivity index (χ1v) is 9.99. The number of halogens is 2. The predicted molar refractivity (Wildman–Crippen MR) is 117 cm³/mol. The maximum atomic E-state index is 14.9. The molecule has 1 aromatic carbocycles. The highest BCUT2D eigenvalue weighted by Gasteiger charge is 2.12. The molecule has 3 aromatic rings. The molecule has 2 heterocycles. The maximum absolute atomic E-state index is 14.9. The second-order valence-corrected chi connectivity index (χ2v) is 7.91. The van der Waals surface area contributed by atoms with Crippen molar-refractivity contribution < 1.29 is 8.78 Å². The zero-order valence-electron chi connectivity index (χ0n) is 18.2. The normalized spacial score (nSPS) is 10.9. The van der Waals surface area contributed by atoms with Gasteiger partial charge in [0.1, 0.15) is 17.5 Å². The third-order valence-electron chi connectivity index (χ3n) is 4.89. The van der Waals surface area contributed by atoms with Crippen LogP contribution in [0.15, 0.2) is 36.4 Å². The molecule has 0 fully saturated rings. The second-order valence-electron chi connectivity index (χ2n) is 7.91. The summed E-state index contributed by atoms with van der Waals surface area (Å²) in [4.78, 5) is 6.64. The molecule has 0 unspecified atom stereocenters. The lowest BCUT2D eigenvalue weighted by atomic mass is 10.0. The fourth-order valence-corrected chi connectivity index (χ4v) is 3.47. The van der Waals surface area contributed by atoms with Crippen molar-refractivity contribution in [3.63, 3.8) is 0 Å². The zero-order chi connectivity index (χ0) is 21.8. The molecular weight excluding hydrogens is 380 g/mol. The van der Waals surface area contributed by atoms with Gasteiger partial charge in [0, 0.05) is 17.1 Å². The van der Waals surface area contributed by atoms with Gasteiger partial charge in [-0.25, -0.2) is 13.8 Å². The number of hydrogen-bond acceptors (Lipinski definition) is 2. The highest BCUT2D eigenvalue weighted by atomic mass is 19.1.